The quantitative estimate of drug-likeness (QED) is 0.445. The van der Waals surface area contributed by atoms with Gasteiger partial charge in [-0.2, -0.15) is 0 Å². The molecule has 0 fully saturated rings. The summed E-state index contributed by atoms with van der Waals surface area (Å²) in [6.45, 7) is -0.645. The molecule has 13 heavy (non-hydrogen) atoms. The number of carbonyl (C=O) groups is 1. The van der Waals surface area contributed by atoms with E-state index in [0.717, 1.165) is 0 Å². The van der Waals surface area contributed by atoms with Crippen molar-refractivity contribution >= 4 is 23.2 Å². The highest BCUT2D eigenvalue weighted by Gasteiger charge is 2.08. The molecule has 70 valence electrons. The lowest BCUT2D eigenvalue weighted by Crippen LogP contribution is -2.18. The van der Waals surface area contributed by atoms with Crippen molar-refractivity contribution in [3.63, 3.8) is 0 Å². The van der Waals surface area contributed by atoms with Gasteiger partial charge in [0.15, 0.2) is 11.6 Å². The molecule has 7 heteroatoms. The van der Waals surface area contributed by atoms with Gasteiger partial charge in [-0.3, -0.25) is 4.79 Å². The number of aliphatic hydroxyl groups excluding tert-OH is 1. The van der Waals surface area contributed by atoms with Crippen molar-refractivity contribution in [1.29, 1.82) is 0 Å². The van der Waals surface area contributed by atoms with E-state index in [4.69, 9.17) is 16.6 Å². The number of nitrogen functional groups attached to an aromatic ring is 2. The third kappa shape index (κ3) is 2.03. The van der Waals surface area contributed by atoms with Gasteiger partial charge in [0.1, 0.15) is 18.6 Å². The predicted molar refractivity (Wildman–Crippen MR) is 46.6 cm³/mol. The Morgan fingerprint density at radius 2 is 2.00 bits per heavy atom. The van der Waals surface area contributed by atoms with Gasteiger partial charge < -0.3 is 21.9 Å². The number of hydrogen-bond donors (Lipinski definition) is 4. The molecule has 1 aromatic heterocycles. The van der Waals surface area contributed by atoms with Crippen LogP contribution in [0.3, 0.4) is 0 Å². The summed E-state index contributed by atoms with van der Waals surface area (Å²) in [7, 11) is 0. The third-order valence-electron chi connectivity index (χ3n) is 1.31. The number of carbonyl (C=O) groups excluding carboxylic acids is 1. The van der Waals surface area contributed by atoms with Gasteiger partial charge in [0.2, 0.25) is 5.91 Å². The Balaban J connectivity index is 2.93. The zero-order chi connectivity index (χ0) is 9.84. The zero-order valence-corrected chi connectivity index (χ0v) is 6.69. The summed E-state index contributed by atoms with van der Waals surface area (Å²) in [6, 6.07) is 0. The molecule has 1 amide bonds. The number of amides is 1. The first-order valence-corrected chi connectivity index (χ1v) is 3.41. The monoisotopic (exact) mass is 183 g/mol. The Hall–Kier alpha value is -1.89. The first kappa shape index (κ1) is 9.20. The van der Waals surface area contributed by atoms with Crippen molar-refractivity contribution in [2.75, 3.05) is 23.4 Å². The highest BCUT2D eigenvalue weighted by molar-refractivity contribution is 5.96. The number of nitrogens with two attached hydrogens (primary N) is 2. The summed E-state index contributed by atoms with van der Waals surface area (Å²) < 4.78 is 0. The molecule has 0 radical (unpaired) electrons. The van der Waals surface area contributed by atoms with E-state index >= 15 is 0 Å². The molecular formula is C6H9N5O2. The Morgan fingerprint density at radius 3 is 2.46 bits per heavy atom. The Bertz CT molecular complexity index is 307. The second kappa shape index (κ2) is 3.68. The van der Waals surface area contributed by atoms with Gasteiger partial charge >= 0.3 is 0 Å². The standard InChI is InChI=1S/C6H9N5O2/c7-5-4(11-3(13)1-12)6(8)10-2-9-5/h2,12H,1H2,(H,11,13)(H4,7,8,9,10). The maximum absolute atomic E-state index is 10.8. The van der Waals surface area contributed by atoms with Crippen molar-refractivity contribution in [1.82, 2.24) is 9.97 Å². The Labute approximate surface area is 73.8 Å². The maximum Gasteiger partial charge on any atom is 0.250 e. The summed E-state index contributed by atoms with van der Waals surface area (Å²) in [5.41, 5.74) is 10.9. The number of aromatic nitrogens is 2. The van der Waals surface area contributed by atoms with Crippen molar-refractivity contribution in [3.05, 3.63) is 6.33 Å². The second-order valence-electron chi connectivity index (χ2n) is 2.23. The van der Waals surface area contributed by atoms with Crippen molar-refractivity contribution in [2.45, 2.75) is 0 Å². The molecule has 0 aliphatic heterocycles. The first-order valence-electron chi connectivity index (χ1n) is 3.41. The smallest absolute Gasteiger partial charge is 0.250 e. The van der Waals surface area contributed by atoms with Crippen LogP contribution in [0.5, 0.6) is 0 Å². The number of hydrogen-bond acceptors (Lipinski definition) is 6. The molecule has 0 aliphatic rings. The highest BCUT2D eigenvalue weighted by atomic mass is 16.3. The van der Waals surface area contributed by atoms with Gasteiger partial charge in [0.05, 0.1) is 0 Å². The number of aliphatic hydroxyl groups is 1. The lowest BCUT2D eigenvalue weighted by atomic mass is 10.4. The van der Waals surface area contributed by atoms with Gasteiger partial charge in [-0.05, 0) is 0 Å². The molecule has 6 N–H and O–H groups in total. The van der Waals surface area contributed by atoms with Crippen LogP contribution in [0, 0.1) is 0 Å². The lowest BCUT2D eigenvalue weighted by molar-refractivity contribution is -0.118. The van der Waals surface area contributed by atoms with Crippen LogP contribution in [-0.4, -0.2) is 27.6 Å². The number of anilines is 3. The fourth-order valence-electron chi connectivity index (χ4n) is 0.721. The van der Waals surface area contributed by atoms with Crippen LogP contribution < -0.4 is 16.8 Å². The number of rotatable bonds is 2. The largest absolute Gasteiger partial charge is 0.387 e. The van der Waals surface area contributed by atoms with E-state index in [9.17, 15) is 4.79 Å². The first-order chi connectivity index (χ1) is 6.15. The third-order valence-corrected chi connectivity index (χ3v) is 1.31. The highest BCUT2D eigenvalue weighted by Crippen LogP contribution is 2.20. The summed E-state index contributed by atoms with van der Waals surface area (Å²) >= 11 is 0. The van der Waals surface area contributed by atoms with E-state index in [1.54, 1.807) is 0 Å². The van der Waals surface area contributed by atoms with E-state index in [1.807, 2.05) is 0 Å². The van der Waals surface area contributed by atoms with Crippen molar-refractivity contribution < 1.29 is 9.90 Å². The molecule has 0 bridgehead atoms. The van der Waals surface area contributed by atoms with E-state index < -0.39 is 12.5 Å². The lowest BCUT2D eigenvalue weighted by Gasteiger charge is -2.06. The van der Waals surface area contributed by atoms with E-state index in [2.05, 4.69) is 15.3 Å². The zero-order valence-electron chi connectivity index (χ0n) is 6.69. The number of nitrogens with zero attached hydrogens (tertiary/aromatic N) is 2. The molecule has 1 heterocycles. The fraction of sp³-hybridized carbons (Fsp3) is 0.167. The van der Waals surface area contributed by atoms with E-state index in [0.29, 0.717) is 0 Å². The molecule has 0 atom stereocenters. The van der Waals surface area contributed by atoms with Crippen LogP contribution in [0.4, 0.5) is 17.3 Å². The van der Waals surface area contributed by atoms with E-state index in [-0.39, 0.29) is 17.3 Å². The number of nitrogens with one attached hydrogen (secondary N) is 1. The van der Waals surface area contributed by atoms with Crippen LogP contribution in [0.2, 0.25) is 0 Å². The molecule has 0 saturated heterocycles. The average molecular weight is 183 g/mol. The minimum absolute atomic E-state index is 0.0642. The van der Waals surface area contributed by atoms with Crippen LogP contribution in [0.15, 0.2) is 6.33 Å². The summed E-state index contributed by atoms with van der Waals surface area (Å²) in [4.78, 5) is 18.0. The van der Waals surface area contributed by atoms with Crippen LogP contribution >= 0.6 is 0 Å². The van der Waals surface area contributed by atoms with Gasteiger partial charge in [-0.1, -0.05) is 0 Å². The summed E-state index contributed by atoms with van der Waals surface area (Å²) in [5, 5.41) is 10.7. The van der Waals surface area contributed by atoms with Crippen molar-refractivity contribution in [2.24, 2.45) is 0 Å². The summed E-state index contributed by atoms with van der Waals surface area (Å²) in [5.74, 6) is -0.489. The van der Waals surface area contributed by atoms with Crippen LogP contribution in [-0.2, 0) is 4.79 Å². The average Bonchev–Trinajstić information content (AvgIpc) is 2.11. The minimum atomic E-state index is -0.645. The predicted octanol–water partition coefficient (Wildman–Crippen LogP) is -1.43. The van der Waals surface area contributed by atoms with E-state index in [1.165, 1.54) is 6.33 Å². The Kier molecular flexibility index (Phi) is 2.60. The molecule has 0 saturated carbocycles. The molecule has 7 nitrogen and oxygen atoms in total. The molecule has 0 spiro atoms. The SMILES string of the molecule is Nc1ncnc(N)c1NC(=O)CO. The van der Waals surface area contributed by atoms with Gasteiger partial charge in [-0.15, -0.1) is 0 Å². The Morgan fingerprint density at radius 1 is 1.46 bits per heavy atom. The minimum Gasteiger partial charge on any atom is -0.387 e. The molecule has 0 unspecified atom stereocenters. The normalized spacial score (nSPS) is 9.62. The fourth-order valence-corrected chi connectivity index (χ4v) is 0.721. The van der Waals surface area contributed by atoms with Crippen molar-refractivity contribution in [3.8, 4) is 0 Å². The van der Waals surface area contributed by atoms with Gasteiger partial charge in [-0.25, -0.2) is 9.97 Å². The molecule has 1 aromatic rings. The topological polar surface area (TPSA) is 127 Å². The van der Waals surface area contributed by atoms with Crippen LogP contribution in [0.1, 0.15) is 0 Å². The van der Waals surface area contributed by atoms with Crippen LogP contribution in [0.25, 0.3) is 0 Å². The van der Waals surface area contributed by atoms with Gasteiger partial charge in [0.25, 0.3) is 0 Å². The summed E-state index contributed by atoms with van der Waals surface area (Å²) in [6.07, 6.45) is 1.18. The molecule has 1 rings (SSSR count). The van der Waals surface area contributed by atoms with Gasteiger partial charge in [0, 0.05) is 0 Å². The maximum atomic E-state index is 10.8. The molecule has 0 aromatic carbocycles. The molecular weight excluding hydrogens is 174 g/mol. The second-order valence-corrected chi connectivity index (χ2v) is 2.23. The molecule has 0 aliphatic carbocycles.